The molecule has 2 heterocycles. The van der Waals surface area contributed by atoms with Crippen molar-refractivity contribution in [1.82, 2.24) is 9.47 Å². The predicted octanol–water partition coefficient (Wildman–Crippen LogP) is 2.27. The van der Waals surface area contributed by atoms with Crippen molar-refractivity contribution in [3.05, 3.63) is 27.5 Å². The van der Waals surface area contributed by atoms with Crippen molar-refractivity contribution in [2.24, 2.45) is 4.99 Å². The summed E-state index contributed by atoms with van der Waals surface area (Å²) in [5, 5.41) is 0. The number of amides is 2. The van der Waals surface area contributed by atoms with Gasteiger partial charge in [0, 0.05) is 17.1 Å². The number of piperidine rings is 1. The van der Waals surface area contributed by atoms with Crippen LogP contribution >= 0.6 is 27.3 Å². The lowest BCUT2D eigenvalue weighted by atomic mass is 10.0. The molecule has 180 valence electrons. The minimum Gasteiger partial charge on any atom is -0.465 e. The Morgan fingerprint density at radius 3 is 2.70 bits per heavy atom. The van der Waals surface area contributed by atoms with E-state index >= 15 is 0 Å². The van der Waals surface area contributed by atoms with Crippen LogP contribution < -0.4 is 4.80 Å². The van der Waals surface area contributed by atoms with E-state index in [4.69, 9.17) is 4.74 Å². The molecule has 2 amide bonds. The first-order valence-corrected chi connectivity index (χ1v) is 14.0. The molecule has 1 aliphatic rings. The molecule has 0 bridgehead atoms. The minimum absolute atomic E-state index is 0.0125. The van der Waals surface area contributed by atoms with Crippen LogP contribution in [0.25, 0.3) is 10.2 Å². The number of sulfone groups is 1. The normalized spacial score (nSPS) is 17.4. The van der Waals surface area contributed by atoms with E-state index in [2.05, 4.69) is 20.9 Å². The highest BCUT2D eigenvalue weighted by Gasteiger charge is 2.28. The molecule has 1 unspecified atom stereocenters. The number of fused-ring (bicyclic) bond motifs is 1. The summed E-state index contributed by atoms with van der Waals surface area (Å²) in [6, 6.07) is 5.37. The quantitative estimate of drug-likeness (QED) is 0.480. The third-order valence-corrected chi connectivity index (χ3v) is 8.18. The average Bonchev–Trinajstić information content (AvgIpc) is 3.03. The maximum absolute atomic E-state index is 12.6. The van der Waals surface area contributed by atoms with Crippen molar-refractivity contribution in [2.75, 3.05) is 24.7 Å². The number of carbonyl (C=O) groups excluding carboxylic acids is 3. The van der Waals surface area contributed by atoms with Gasteiger partial charge in [-0.05, 0) is 51.3 Å². The SMILES string of the molecule is CCOC(=O)Cn1c(=NC(=O)CS(=O)(=O)CC(=O)N2CCCCC2C)sc2cc(Br)ccc21. The lowest BCUT2D eigenvalue weighted by Gasteiger charge is -2.33. The van der Waals surface area contributed by atoms with E-state index in [1.807, 2.05) is 13.0 Å². The zero-order valence-electron chi connectivity index (χ0n) is 18.5. The van der Waals surface area contributed by atoms with Gasteiger partial charge in [-0.3, -0.25) is 14.4 Å². The van der Waals surface area contributed by atoms with E-state index in [1.54, 1.807) is 24.0 Å². The molecule has 2 aromatic rings. The first-order valence-electron chi connectivity index (χ1n) is 10.6. The first kappa shape index (κ1) is 25.6. The van der Waals surface area contributed by atoms with Crippen LogP contribution in [0.5, 0.6) is 0 Å². The van der Waals surface area contributed by atoms with Crippen molar-refractivity contribution in [3.8, 4) is 0 Å². The van der Waals surface area contributed by atoms with Gasteiger partial charge in [0.15, 0.2) is 14.6 Å². The average molecular weight is 560 g/mol. The predicted molar refractivity (Wildman–Crippen MR) is 128 cm³/mol. The molecule has 0 aliphatic carbocycles. The van der Waals surface area contributed by atoms with Gasteiger partial charge in [0.2, 0.25) is 5.91 Å². The van der Waals surface area contributed by atoms with Crippen molar-refractivity contribution in [1.29, 1.82) is 0 Å². The summed E-state index contributed by atoms with van der Waals surface area (Å²) in [5.74, 6) is -3.47. The molecule has 1 aliphatic heterocycles. The molecule has 3 rings (SSSR count). The van der Waals surface area contributed by atoms with E-state index < -0.39 is 39.1 Å². The van der Waals surface area contributed by atoms with Crippen molar-refractivity contribution < 1.29 is 27.5 Å². The van der Waals surface area contributed by atoms with Crippen molar-refractivity contribution >= 4 is 65.1 Å². The lowest BCUT2D eigenvalue weighted by molar-refractivity contribution is -0.143. The summed E-state index contributed by atoms with van der Waals surface area (Å²) in [7, 11) is -3.99. The first-order chi connectivity index (χ1) is 15.6. The molecule has 1 aromatic heterocycles. The number of likely N-dealkylation sites (tertiary alicyclic amines) is 1. The molecule has 0 saturated carbocycles. The number of esters is 1. The maximum atomic E-state index is 12.6. The Morgan fingerprint density at radius 1 is 1.24 bits per heavy atom. The number of hydrogen-bond donors (Lipinski definition) is 0. The molecule has 0 spiro atoms. The van der Waals surface area contributed by atoms with E-state index in [1.165, 1.54) is 4.57 Å². The topological polar surface area (TPSA) is 115 Å². The molecule has 1 saturated heterocycles. The maximum Gasteiger partial charge on any atom is 0.326 e. The zero-order chi connectivity index (χ0) is 24.2. The number of benzene rings is 1. The van der Waals surface area contributed by atoms with Crippen LogP contribution in [0.15, 0.2) is 27.7 Å². The van der Waals surface area contributed by atoms with Crippen LogP contribution in [0.3, 0.4) is 0 Å². The van der Waals surface area contributed by atoms with Crippen LogP contribution in [-0.2, 0) is 35.5 Å². The second-order valence-electron chi connectivity index (χ2n) is 7.86. The van der Waals surface area contributed by atoms with Gasteiger partial charge < -0.3 is 14.2 Å². The third-order valence-electron chi connectivity index (χ3n) is 5.27. The number of rotatable bonds is 7. The molecule has 1 atom stereocenters. The van der Waals surface area contributed by atoms with Gasteiger partial charge in [-0.1, -0.05) is 27.3 Å². The number of thiazole rings is 1. The van der Waals surface area contributed by atoms with Gasteiger partial charge in [0.05, 0.1) is 16.8 Å². The van der Waals surface area contributed by atoms with E-state index in [-0.39, 0.29) is 24.0 Å². The Balaban J connectivity index is 1.83. The highest BCUT2D eigenvalue weighted by atomic mass is 79.9. The van der Waals surface area contributed by atoms with Gasteiger partial charge in [-0.25, -0.2) is 8.42 Å². The Bertz CT molecular complexity index is 1230. The summed E-state index contributed by atoms with van der Waals surface area (Å²) in [5.41, 5.74) is 0.667. The molecule has 1 aromatic carbocycles. The number of carbonyl (C=O) groups is 3. The summed E-state index contributed by atoms with van der Waals surface area (Å²) >= 11 is 4.54. The van der Waals surface area contributed by atoms with Crippen LogP contribution in [0.4, 0.5) is 0 Å². The largest absolute Gasteiger partial charge is 0.465 e. The standard InChI is InChI=1S/C21H26BrN3O6S2/c1-3-31-20(28)11-25-16-8-7-15(22)10-17(16)32-21(25)23-18(26)12-33(29,30)13-19(27)24-9-5-4-6-14(24)2/h7-8,10,14H,3-6,9,11-13H2,1-2H3. The highest BCUT2D eigenvalue weighted by molar-refractivity contribution is 9.10. The number of nitrogens with zero attached hydrogens (tertiary/aromatic N) is 3. The van der Waals surface area contributed by atoms with Gasteiger partial charge in [0.25, 0.3) is 5.91 Å². The lowest BCUT2D eigenvalue weighted by Crippen LogP contribution is -2.45. The monoisotopic (exact) mass is 559 g/mol. The van der Waals surface area contributed by atoms with E-state index in [0.717, 1.165) is 39.8 Å². The Labute approximate surface area is 204 Å². The Morgan fingerprint density at radius 2 is 2.00 bits per heavy atom. The smallest absolute Gasteiger partial charge is 0.326 e. The minimum atomic E-state index is -3.99. The number of hydrogen-bond acceptors (Lipinski definition) is 7. The Kier molecular flexibility index (Phi) is 8.46. The van der Waals surface area contributed by atoms with Gasteiger partial charge in [-0.2, -0.15) is 4.99 Å². The third kappa shape index (κ3) is 6.73. The summed E-state index contributed by atoms with van der Waals surface area (Å²) in [6.45, 7) is 4.16. The van der Waals surface area contributed by atoms with Crippen LogP contribution in [-0.4, -0.2) is 66.4 Å². The fourth-order valence-electron chi connectivity index (χ4n) is 3.74. The van der Waals surface area contributed by atoms with E-state index in [0.29, 0.717) is 12.1 Å². The molecular formula is C21H26BrN3O6S2. The second kappa shape index (κ2) is 10.9. The number of halogens is 1. The van der Waals surface area contributed by atoms with Crippen LogP contribution in [0.1, 0.15) is 33.1 Å². The van der Waals surface area contributed by atoms with Gasteiger partial charge in [0.1, 0.15) is 18.1 Å². The summed E-state index contributed by atoms with van der Waals surface area (Å²) < 4.78 is 33.2. The van der Waals surface area contributed by atoms with Crippen molar-refractivity contribution in [2.45, 2.75) is 45.7 Å². The fourth-order valence-corrected chi connectivity index (χ4v) is 6.42. The molecule has 33 heavy (non-hydrogen) atoms. The Hall–Kier alpha value is -2.05. The van der Waals surface area contributed by atoms with Gasteiger partial charge in [-0.15, -0.1) is 0 Å². The fraction of sp³-hybridized carbons (Fsp3) is 0.524. The molecule has 0 N–H and O–H groups in total. The molecular weight excluding hydrogens is 534 g/mol. The van der Waals surface area contributed by atoms with Crippen molar-refractivity contribution in [3.63, 3.8) is 0 Å². The number of ether oxygens (including phenoxy) is 1. The molecule has 12 heteroatoms. The molecule has 0 radical (unpaired) electrons. The number of aromatic nitrogens is 1. The van der Waals surface area contributed by atoms with Crippen LogP contribution in [0.2, 0.25) is 0 Å². The summed E-state index contributed by atoms with van der Waals surface area (Å²) in [6.07, 6.45) is 2.68. The van der Waals surface area contributed by atoms with E-state index in [9.17, 15) is 22.8 Å². The highest BCUT2D eigenvalue weighted by Crippen LogP contribution is 2.22. The zero-order valence-corrected chi connectivity index (χ0v) is 21.7. The molecule has 9 nitrogen and oxygen atoms in total. The molecule has 1 fully saturated rings. The van der Waals surface area contributed by atoms with Gasteiger partial charge >= 0.3 is 5.97 Å². The second-order valence-corrected chi connectivity index (χ2v) is 11.8. The van der Waals surface area contributed by atoms with Crippen LogP contribution in [0, 0.1) is 0 Å². The summed E-state index contributed by atoms with van der Waals surface area (Å²) in [4.78, 5) is 42.9.